The van der Waals surface area contributed by atoms with Gasteiger partial charge in [-0.15, -0.1) is 0 Å². The molecule has 2 aromatic rings. The van der Waals surface area contributed by atoms with Crippen molar-refractivity contribution in [3.8, 4) is 5.75 Å². The molecule has 2 amide bonds. The molecule has 43 heavy (non-hydrogen) atoms. The van der Waals surface area contributed by atoms with Gasteiger partial charge in [0.15, 0.2) is 0 Å². The van der Waals surface area contributed by atoms with Crippen LogP contribution in [0.3, 0.4) is 0 Å². The van der Waals surface area contributed by atoms with Crippen molar-refractivity contribution in [3.63, 3.8) is 0 Å². The fourth-order valence-electron chi connectivity index (χ4n) is 5.98. The highest BCUT2D eigenvalue weighted by Crippen LogP contribution is 2.44. The molecule has 0 spiro atoms. The number of nitrogens with two attached hydrogens (primary N) is 1. The van der Waals surface area contributed by atoms with Gasteiger partial charge >= 0.3 is 0 Å². The summed E-state index contributed by atoms with van der Waals surface area (Å²) in [7, 11) is 0. The normalized spacial score (nSPS) is 17.9. The summed E-state index contributed by atoms with van der Waals surface area (Å²) in [5.41, 5.74) is 6.92. The Hall–Kier alpha value is -3.56. The molecule has 4 N–H and O–H groups in total. The number of aliphatic hydroxyl groups is 1. The van der Waals surface area contributed by atoms with Gasteiger partial charge in [-0.3, -0.25) is 9.59 Å². The van der Waals surface area contributed by atoms with Gasteiger partial charge < -0.3 is 25.8 Å². The first-order valence-electron chi connectivity index (χ1n) is 15.1. The lowest BCUT2D eigenvalue weighted by Crippen LogP contribution is -2.51. The smallest absolute Gasteiger partial charge is 0.249 e. The van der Waals surface area contributed by atoms with Gasteiger partial charge in [-0.1, -0.05) is 43.7 Å². The number of aliphatic hydroxyl groups excluding tert-OH is 1. The van der Waals surface area contributed by atoms with Crippen LogP contribution in [0.4, 0.5) is 8.78 Å². The molecule has 0 radical (unpaired) electrons. The second-order valence-electron chi connectivity index (χ2n) is 11.3. The average Bonchev–Trinajstić information content (AvgIpc) is 2.94. The van der Waals surface area contributed by atoms with E-state index >= 15 is 0 Å². The number of halogens is 2. The molecular weight excluding hydrogens is 552 g/mol. The van der Waals surface area contributed by atoms with E-state index in [1.165, 1.54) is 12.1 Å². The third kappa shape index (κ3) is 8.97. The van der Waals surface area contributed by atoms with Crippen LogP contribution in [0.25, 0.3) is 0 Å². The Balaban J connectivity index is 1.96. The third-order valence-electron chi connectivity index (χ3n) is 7.77. The number of rotatable bonds is 16. The standard InChI is InChI=1S/C34H45F2N3O4/c1-5-11-39(12-6-2)32(41)26-13-23(4)19-34(20-26,33(37)42)30(17-25-14-27(35)18-28(36)15-25)31(40)22-38-21-24-9-8-10-29(16-24)43-7-3/h8-10,13-16,18-19,30-31,38,40H,5-7,11-12,17,20-22H2,1-4H3,(H2,37,42)/t30-,31+,34?/m1/s1. The summed E-state index contributed by atoms with van der Waals surface area (Å²) >= 11 is 0. The van der Waals surface area contributed by atoms with Gasteiger partial charge in [-0.25, -0.2) is 8.78 Å². The molecule has 2 aromatic carbocycles. The molecular formula is C34H45F2N3O4. The molecule has 1 aliphatic carbocycles. The summed E-state index contributed by atoms with van der Waals surface area (Å²) in [5, 5.41) is 14.9. The minimum absolute atomic E-state index is 0.0294. The van der Waals surface area contributed by atoms with Crippen molar-refractivity contribution in [2.75, 3.05) is 26.2 Å². The number of hydrogen-bond donors (Lipinski definition) is 3. The van der Waals surface area contributed by atoms with Gasteiger partial charge in [0.2, 0.25) is 11.8 Å². The molecule has 0 bridgehead atoms. The molecule has 3 atom stereocenters. The predicted molar refractivity (Wildman–Crippen MR) is 164 cm³/mol. The van der Waals surface area contributed by atoms with Gasteiger partial charge in [0, 0.05) is 43.7 Å². The Morgan fingerprint density at radius 1 is 1.07 bits per heavy atom. The maximum atomic E-state index is 14.2. The summed E-state index contributed by atoms with van der Waals surface area (Å²) in [5.74, 6) is -2.58. The lowest BCUT2D eigenvalue weighted by molar-refractivity contribution is -0.132. The van der Waals surface area contributed by atoms with Crippen LogP contribution >= 0.6 is 0 Å². The minimum Gasteiger partial charge on any atom is -0.494 e. The van der Waals surface area contributed by atoms with E-state index in [1.54, 1.807) is 24.0 Å². The number of nitrogens with zero attached hydrogens (tertiary/aromatic N) is 1. The topological polar surface area (TPSA) is 105 Å². The predicted octanol–water partition coefficient (Wildman–Crippen LogP) is 5.07. The first kappa shape index (κ1) is 33.9. The molecule has 0 saturated carbocycles. The fourth-order valence-corrected chi connectivity index (χ4v) is 5.98. The van der Waals surface area contributed by atoms with Crippen LogP contribution in [0.15, 0.2) is 65.8 Å². The largest absolute Gasteiger partial charge is 0.494 e. The van der Waals surface area contributed by atoms with E-state index in [4.69, 9.17) is 10.5 Å². The maximum Gasteiger partial charge on any atom is 0.249 e. The highest BCUT2D eigenvalue weighted by Gasteiger charge is 2.48. The van der Waals surface area contributed by atoms with E-state index in [2.05, 4.69) is 5.32 Å². The number of ether oxygens (including phenoxy) is 1. The van der Waals surface area contributed by atoms with Crippen molar-refractivity contribution >= 4 is 11.8 Å². The van der Waals surface area contributed by atoms with E-state index in [-0.39, 0.29) is 30.9 Å². The Morgan fingerprint density at radius 2 is 1.74 bits per heavy atom. The van der Waals surface area contributed by atoms with E-state index in [9.17, 15) is 23.5 Å². The lowest BCUT2D eigenvalue weighted by Gasteiger charge is -2.42. The Kier molecular flexibility index (Phi) is 12.5. The zero-order chi connectivity index (χ0) is 31.6. The van der Waals surface area contributed by atoms with Gasteiger partial charge in [0.1, 0.15) is 17.4 Å². The molecule has 7 nitrogen and oxygen atoms in total. The second kappa shape index (κ2) is 15.8. The molecule has 0 fully saturated rings. The van der Waals surface area contributed by atoms with Crippen molar-refractivity contribution in [3.05, 3.63) is 88.5 Å². The molecule has 3 rings (SSSR count). The highest BCUT2D eigenvalue weighted by molar-refractivity contribution is 5.97. The number of benzene rings is 2. The van der Waals surface area contributed by atoms with Crippen LogP contribution in [0.5, 0.6) is 5.75 Å². The number of hydrogen-bond acceptors (Lipinski definition) is 5. The van der Waals surface area contributed by atoms with E-state index in [1.807, 2.05) is 45.0 Å². The van der Waals surface area contributed by atoms with Crippen molar-refractivity contribution in [1.82, 2.24) is 10.2 Å². The monoisotopic (exact) mass is 597 g/mol. The fraction of sp³-hybridized carbons (Fsp3) is 0.471. The number of amides is 2. The second-order valence-corrected chi connectivity index (χ2v) is 11.3. The Bertz CT molecular complexity index is 1300. The van der Waals surface area contributed by atoms with E-state index in [0.29, 0.717) is 37.4 Å². The molecule has 0 heterocycles. The van der Waals surface area contributed by atoms with Crippen molar-refractivity contribution < 1.29 is 28.2 Å². The van der Waals surface area contributed by atoms with Crippen molar-refractivity contribution in [2.24, 2.45) is 17.1 Å². The molecule has 1 unspecified atom stereocenters. The van der Waals surface area contributed by atoms with Gasteiger partial charge in [0.05, 0.1) is 18.1 Å². The summed E-state index contributed by atoms with van der Waals surface area (Å²) in [6.07, 6.45) is 3.79. The lowest BCUT2D eigenvalue weighted by atomic mass is 9.63. The van der Waals surface area contributed by atoms with Gasteiger partial charge in [-0.05, 0) is 74.9 Å². The van der Waals surface area contributed by atoms with Crippen LogP contribution in [-0.2, 0) is 22.6 Å². The molecule has 0 aliphatic heterocycles. The van der Waals surface area contributed by atoms with Crippen molar-refractivity contribution in [2.45, 2.75) is 66.0 Å². The number of nitrogens with one attached hydrogen (secondary N) is 1. The molecule has 234 valence electrons. The summed E-state index contributed by atoms with van der Waals surface area (Å²) in [6, 6.07) is 10.7. The minimum atomic E-state index is -1.48. The van der Waals surface area contributed by atoms with Gasteiger partial charge in [-0.2, -0.15) is 0 Å². The SMILES string of the molecule is CCCN(CCC)C(=O)C1=CC(C)=CC(C(N)=O)([C@H](Cc2cc(F)cc(F)c2)[C@@H](O)CNCc2cccc(OCC)c2)C1. The quantitative estimate of drug-likeness (QED) is 0.251. The number of allylic oxidation sites excluding steroid dienone is 2. The third-order valence-corrected chi connectivity index (χ3v) is 7.77. The number of primary amides is 1. The number of carbonyl (C=O) groups excluding carboxylic acids is 2. The van der Waals surface area contributed by atoms with Crippen molar-refractivity contribution in [1.29, 1.82) is 0 Å². The van der Waals surface area contributed by atoms with Crippen LogP contribution in [-0.4, -0.2) is 54.2 Å². The first-order chi connectivity index (χ1) is 20.5. The summed E-state index contributed by atoms with van der Waals surface area (Å²) < 4.78 is 34.0. The Morgan fingerprint density at radius 3 is 2.35 bits per heavy atom. The Labute approximate surface area is 253 Å². The van der Waals surface area contributed by atoms with Crippen LogP contribution in [0, 0.1) is 23.0 Å². The van der Waals surface area contributed by atoms with E-state index in [0.717, 1.165) is 30.2 Å². The van der Waals surface area contributed by atoms with E-state index < -0.39 is 35.0 Å². The maximum absolute atomic E-state index is 14.2. The number of carbonyl (C=O) groups is 2. The first-order valence-corrected chi connectivity index (χ1v) is 15.1. The average molecular weight is 598 g/mol. The van der Waals surface area contributed by atoms with Crippen LogP contribution in [0.2, 0.25) is 0 Å². The zero-order valence-electron chi connectivity index (χ0n) is 25.7. The molecule has 1 aliphatic rings. The van der Waals surface area contributed by atoms with Crippen LogP contribution < -0.4 is 15.8 Å². The van der Waals surface area contributed by atoms with Crippen LogP contribution in [0.1, 0.15) is 58.1 Å². The molecule has 9 heteroatoms. The van der Waals surface area contributed by atoms with Gasteiger partial charge in [0.25, 0.3) is 0 Å². The molecule has 0 aromatic heterocycles. The summed E-state index contributed by atoms with van der Waals surface area (Å²) in [4.78, 5) is 28.8. The summed E-state index contributed by atoms with van der Waals surface area (Å²) in [6.45, 7) is 9.82. The highest BCUT2D eigenvalue weighted by atomic mass is 19.1. The zero-order valence-corrected chi connectivity index (χ0v) is 25.7. The molecule has 0 saturated heterocycles.